The van der Waals surface area contributed by atoms with Gasteiger partial charge in [0, 0.05) is 4.47 Å². The Morgan fingerprint density at radius 3 is 2.70 bits per heavy atom. The van der Waals surface area contributed by atoms with E-state index >= 15 is 0 Å². The molecule has 0 atom stereocenters. The Balaban J connectivity index is 1.81. The van der Waals surface area contributed by atoms with Crippen LogP contribution in [-0.2, 0) is 4.79 Å². The van der Waals surface area contributed by atoms with E-state index in [0.717, 1.165) is 10.0 Å². The number of hydrazone groups is 1. The number of nitrogens with one attached hydrogen (secondary N) is 1. The standard InChI is InChI=1S/C18H19BrN2O2/c1-13(2)15-4-3-5-17(10-15)23-12-18(22)21-20-11-14-6-8-16(19)9-7-14/h3-11,13H,12H2,1-2H3,(H,21,22)/b20-11+. The van der Waals surface area contributed by atoms with Gasteiger partial charge in [-0.15, -0.1) is 0 Å². The molecule has 0 saturated heterocycles. The molecule has 0 unspecified atom stereocenters. The highest BCUT2D eigenvalue weighted by atomic mass is 79.9. The molecule has 2 aromatic rings. The average molecular weight is 375 g/mol. The van der Waals surface area contributed by atoms with Gasteiger partial charge < -0.3 is 4.74 Å². The Bertz CT molecular complexity index is 682. The van der Waals surface area contributed by atoms with Crippen LogP contribution in [0.25, 0.3) is 0 Å². The smallest absolute Gasteiger partial charge is 0.277 e. The highest BCUT2D eigenvalue weighted by Crippen LogP contribution is 2.19. The predicted octanol–water partition coefficient (Wildman–Crippen LogP) is 4.10. The van der Waals surface area contributed by atoms with Crippen molar-refractivity contribution in [1.82, 2.24) is 5.43 Å². The normalized spacial score (nSPS) is 11.0. The maximum absolute atomic E-state index is 11.7. The van der Waals surface area contributed by atoms with Gasteiger partial charge in [0.05, 0.1) is 6.21 Å². The molecule has 0 radical (unpaired) electrons. The molecule has 120 valence electrons. The van der Waals surface area contributed by atoms with Crippen LogP contribution >= 0.6 is 15.9 Å². The molecule has 0 heterocycles. The fourth-order valence-electron chi connectivity index (χ4n) is 1.87. The number of amides is 1. The number of ether oxygens (including phenoxy) is 1. The number of rotatable bonds is 6. The first-order valence-electron chi connectivity index (χ1n) is 7.35. The van der Waals surface area contributed by atoms with Crippen molar-refractivity contribution >= 4 is 28.1 Å². The first kappa shape index (κ1) is 17.2. The second kappa shape index (κ2) is 8.48. The summed E-state index contributed by atoms with van der Waals surface area (Å²) >= 11 is 3.36. The summed E-state index contributed by atoms with van der Waals surface area (Å²) in [5, 5.41) is 3.91. The zero-order valence-corrected chi connectivity index (χ0v) is 14.7. The van der Waals surface area contributed by atoms with Gasteiger partial charge in [0.2, 0.25) is 0 Å². The van der Waals surface area contributed by atoms with Gasteiger partial charge in [-0.25, -0.2) is 5.43 Å². The first-order chi connectivity index (χ1) is 11.0. The van der Waals surface area contributed by atoms with Gasteiger partial charge in [-0.1, -0.05) is 54.0 Å². The molecule has 4 nitrogen and oxygen atoms in total. The number of benzene rings is 2. The minimum absolute atomic E-state index is 0.0702. The molecule has 0 aliphatic rings. The third-order valence-corrected chi connectivity index (χ3v) is 3.70. The maximum Gasteiger partial charge on any atom is 0.277 e. The first-order valence-corrected chi connectivity index (χ1v) is 8.14. The fourth-order valence-corrected chi connectivity index (χ4v) is 2.14. The molecule has 0 aromatic heterocycles. The fraction of sp³-hybridized carbons (Fsp3) is 0.222. The molecule has 2 aromatic carbocycles. The Labute approximate surface area is 144 Å². The van der Waals surface area contributed by atoms with Gasteiger partial charge in [0.15, 0.2) is 6.61 Å². The zero-order valence-electron chi connectivity index (χ0n) is 13.1. The molecule has 1 N–H and O–H groups in total. The zero-order chi connectivity index (χ0) is 16.7. The average Bonchev–Trinajstić information content (AvgIpc) is 2.55. The molecule has 0 aliphatic carbocycles. The van der Waals surface area contributed by atoms with Crippen LogP contribution in [0, 0.1) is 0 Å². The second-order valence-corrected chi connectivity index (χ2v) is 6.28. The van der Waals surface area contributed by atoms with Gasteiger partial charge in [0.1, 0.15) is 5.75 Å². The summed E-state index contributed by atoms with van der Waals surface area (Å²) in [5.41, 5.74) is 4.53. The van der Waals surface area contributed by atoms with Crippen LogP contribution in [0.3, 0.4) is 0 Å². The Kier molecular flexibility index (Phi) is 6.35. The van der Waals surface area contributed by atoms with E-state index < -0.39 is 0 Å². The van der Waals surface area contributed by atoms with Crippen LogP contribution in [0.2, 0.25) is 0 Å². The number of carbonyl (C=O) groups excluding carboxylic acids is 1. The summed E-state index contributed by atoms with van der Waals surface area (Å²) in [6.07, 6.45) is 1.59. The second-order valence-electron chi connectivity index (χ2n) is 5.36. The van der Waals surface area contributed by atoms with Crippen molar-refractivity contribution in [2.24, 2.45) is 5.10 Å². The molecule has 1 amide bonds. The van der Waals surface area contributed by atoms with Crippen molar-refractivity contribution < 1.29 is 9.53 Å². The molecular formula is C18H19BrN2O2. The Hall–Kier alpha value is -2.14. The largest absolute Gasteiger partial charge is 0.484 e. The number of halogens is 1. The van der Waals surface area contributed by atoms with E-state index in [1.807, 2.05) is 48.5 Å². The molecule has 5 heteroatoms. The third-order valence-electron chi connectivity index (χ3n) is 3.17. The van der Waals surface area contributed by atoms with Gasteiger partial charge in [-0.05, 0) is 41.3 Å². The van der Waals surface area contributed by atoms with E-state index in [0.29, 0.717) is 11.7 Å². The van der Waals surface area contributed by atoms with Crippen molar-refractivity contribution in [3.63, 3.8) is 0 Å². The minimum Gasteiger partial charge on any atom is -0.484 e. The number of hydrogen-bond acceptors (Lipinski definition) is 3. The third kappa shape index (κ3) is 5.87. The predicted molar refractivity (Wildman–Crippen MR) is 95.9 cm³/mol. The van der Waals surface area contributed by atoms with Crippen molar-refractivity contribution in [2.45, 2.75) is 19.8 Å². The van der Waals surface area contributed by atoms with Gasteiger partial charge >= 0.3 is 0 Å². The summed E-state index contributed by atoms with van der Waals surface area (Å²) in [7, 11) is 0. The minimum atomic E-state index is -0.298. The number of carbonyl (C=O) groups is 1. The van der Waals surface area contributed by atoms with Gasteiger partial charge in [-0.2, -0.15) is 5.10 Å². The monoisotopic (exact) mass is 374 g/mol. The van der Waals surface area contributed by atoms with Crippen LogP contribution < -0.4 is 10.2 Å². The van der Waals surface area contributed by atoms with Crippen LogP contribution in [-0.4, -0.2) is 18.7 Å². The summed E-state index contributed by atoms with van der Waals surface area (Å²) in [4.78, 5) is 11.7. The molecule has 0 bridgehead atoms. The van der Waals surface area contributed by atoms with Crippen LogP contribution in [0.1, 0.15) is 30.9 Å². The number of nitrogens with zero attached hydrogens (tertiary/aromatic N) is 1. The van der Waals surface area contributed by atoms with E-state index in [4.69, 9.17) is 4.74 Å². The van der Waals surface area contributed by atoms with E-state index in [9.17, 15) is 4.79 Å². The topological polar surface area (TPSA) is 50.7 Å². The molecule has 2 rings (SSSR count). The Morgan fingerprint density at radius 1 is 1.26 bits per heavy atom. The van der Waals surface area contributed by atoms with E-state index in [1.165, 1.54) is 5.56 Å². The van der Waals surface area contributed by atoms with Gasteiger partial charge in [0.25, 0.3) is 5.91 Å². The molecule has 0 fully saturated rings. The van der Waals surface area contributed by atoms with Crippen LogP contribution in [0.15, 0.2) is 58.1 Å². The van der Waals surface area contributed by atoms with Crippen molar-refractivity contribution in [2.75, 3.05) is 6.61 Å². The van der Waals surface area contributed by atoms with Crippen LogP contribution in [0.4, 0.5) is 0 Å². The highest BCUT2D eigenvalue weighted by Gasteiger charge is 2.04. The molecular weight excluding hydrogens is 356 g/mol. The lowest BCUT2D eigenvalue weighted by atomic mass is 10.0. The van der Waals surface area contributed by atoms with E-state index in [1.54, 1.807) is 6.21 Å². The summed E-state index contributed by atoms with van der Waals surface area (Å²) in [6, 6.07) is 15.4. The molecule has 23 heavy (non-hydrogen) atoms. The van der Waals surface area contributed by atoms with Crippen LogP contribution in [0.5, 0.6) is 5.75 Å². The van der Waals surface area contributed by atoms with Crippen molar-refractivity contribution in [1.29, 1.82) is 0 Å². The SMILES string of the molecule is CC(C)c1cccc(OCC(=O)N/N=C/c2ccc(Br)cc2)c1. The molecule has 0 aliphatic heterocycles. The quantitative estimate of drug-likeness (QED) is 0.611. The summed E-state index contributed by atoms with van der Waals surface area (Å²) < 4.78 is 6.48. The summed E-state index contributed by atoms with van der Waals surface area (Å²) in [5.74, 6) is 0.805. The van der Waals surface area contributed by atoms with Gasteiger partial charge in [-0.3, -0.25) is 4.79 Å². The highest BCUT2D eigenvalue weighted by molar-refractivity contribution is 9.10. The lowest BCUT2D eigenvalue weighted by Gasteiger charge is -2.09. The molecule has 0 spiro atoms. The van der Waals surface area contributed by atoms with E-state index in [-0.39, 0.29) is 12.5 Å². The Morgan fingerprint density at radius 2 is 2.00 bits per heavy atom. The maximum atomic E-state index is 11.7. The van der Waals surface area contributed by atoms with Crippen molar-refractivity contribution in [3.05, 3.63) is 64.1 Å². The molecule has 0 saturated carbocycles. The lowest BCUT2D eigenvalue weighted by molar-refractivity contribution is -0.123. The lowest BCUT2D eigenvalue weighted by Crippen LogP contribution is -2.24. The number of hydrogen-bond donors (Lipinski definition) is 1. The summed E-state index contributed by atoms with van der Waals surface area (Å²) in [6.45, 7) is 4.16. The van der Waals surface area contributed by atoms with Crippen molar-refractivity contribution in [3.8, 4) is 5.75 Å². The van der Waals surface area contributed by atoms with E-state index in [2.05, 4.69) is 40.3 Å².